The van der Waals surface area contributed by atoms with E-state index in [0.29, 0.717) is 11.8 Å². The summed E-state index contributed by atoms with van der Waals surface area (Å²) in [7, 11) is 1.69. The SMILES string of the molecule is COc1cccc2ccc(CNCC(C)C(C)C)nc12. The fraction of sp³-hybridized carbons (Fsp3) is 0.471. The standard InChI is InChI=1S/C17H24N2O/c1-12(2)13(3)10-18-11-15-9-8-14-6-5-7-16(20-4)17(14)19-15/h5-9,12-13,18H,10-11H2,1-4H3. The summed E-state index contributed by atoms with van der Waals surface area (Å²) in [6, 6.07) is 10.2. The third-order valence-electron chi connectivity index (χ3n) is 3.87. The number of nitrogens with zero attached hydrogens (tertiary/aromatic N) is 1. The number of methoxy groups -OCH3 is 1. The molecule has 108 valence electrons. The van der Waals surface area contributed by atoms with E-state index >= 15 is 0 Å². The van der Waals surface area contributed by atoms with Crippen LogP contribution in [0.25, 0.3) is 10.9 Å². The first-order valence-electron chi connectivity index (χ1n) is 7.25. The minimum atomic E-state index is 0.671. The topological polar surface area (TPSA) is 34.1 Å². The van der Waals surface area contributed by atoms with Crippen molar-refractivity contribution in [1.29, 1.82) is 0 Å². The van der Waals surface area contributed by atoms with Gasteiger partial charge in [-0.05, 0) is 30.5 Å². The van der Waals surface area contributed by atoms with Crippen molar-refractivity contribution in [2.75, 3.05) is 13.7 Å². The molecule has 0 spiro atoms. The monoisotopic (exact) mass is 272 g/mol. The summed E-state index contributed by atoms with van der Waals surface area (Å²) in [6.45, 7) is 8.60. The largest absolute Gasteiger partial charge is 0.494 e. The summed E-state index contributed by atoms with van der Waals surface area (Å²) in [5, 5.41) is 4.60. The molecule has 1 N–H and O–H groups in total. The molecule has 20 heavy (non-hydrogen) atoms. The van der Waals surface area contributed by atoms with Gasteiger partial charge in [-0.15, -0.1) is 0 Å². The molecule has 0 aliphatic rings. The van der Waals surface area contributed by atoms with Gasteiger partial charge in [0.1, 0.15) is 11.3 Å². The van der Waals surface area contributed by atoms with Gasteiger partial charge in [-0.3, -0.25) is 0 Å². The Hall–Kier alpha value is -1.61. The van der Waals surface area contributed by atoms with Crippen LogP contribution in [0.5, 0.6) is 5.75 Å². The number of hydrogen-bond donors (Lipinski definition) is 1. The fourth-order valence-electron chi connectivity index (χ4n) is 2.09. The number of benzene rings is 1. The molecular weight excluding hydrogens is 248 g/mol. The first kappa shape index (κ1) is 14.8. The quantitative estimate of drug-likeness (QED) is 0.872. The maximum Gasteiger partial charge on any atom is 0.145 e. The summed E-state index contributed by atoms with van der Waals surface area (Å²) in [6.07, 6.45) is 0. The van der Waals surface area contributed by atoms with Crippen LogP contribution in [0.3, 0.4) is 0 Å². The molecule has 0 aliphatic carbocycles. The van der Waals surface area contributed by atoms with Crippen LogP contribution in [0, 0.1) is 11.8 Å². The zero-order valence-electron chi connectivity index (χ0n) is 12.8. The van der Waals surface area contributed by atoms with Crippen molar-refractivity contribution in [3.05, 3.63) is 36.0 Å². The third-order valence-corrected chi connectivity index (χ3v) is 3.87. The fourth-order valence-corrected chi connectivity index (χ4v) is 2.09. The van der Waals surface area contributed by atoms with Gasteiger partial charge in [0, 0.05) is 11.9 Å². The number of rotatable bonds is 6. The predicted octanol–water partition coefficient (Wildman–Crippen LogP) is 3.63. The highest BCUT2D eigenvalue weighted by Gasteiger charge is 2.07. The number of pyridine rings is 1. The van der Waals surface area contributed by atoms with Crippen LogP contribution in [0.4, 0.5) is 0 Å². The molecule has 0 saturated carbocycles. The van der Waals surface area contributed by atoms with Gasteiger partial charge in [0.2, 0.25) is 0 Å². The normalized spacial score (nSPS) is 12.8. The predicted molar refractivity (Wildman–Crippen MR) is 84.0 cm³/mol. The van der Waals surface area contributed by atoms with Crippen molar-refractivity contribution in [1.82, 2.24) is 10.3 Å². The van der Waals surface area contributed by atoms with E-state index in [1.807, 2.05) is 12.1 Å². The molecule has 1 aromatic carbocycles. The zero-order valence-corrected chi connectivity index (χ0v) is 12.8. The van der Waals surface area contributed by atoms with Crippen molar-refractivity contribution < 1.29 is 4.74 Å². The van der Waals surface area contributed by atoms with Gasteiger partial charge in [0.15, 0.2) is 0 Å². The number of hydrogen-bond acceptors (Lipinski definition) is 3. The Bertz CT molecular complexity index is 566. The number of para-hydroxylation sites is 1. The van der Waals surface area contributed by atoms with E-state index in [-0.39, 0.29) is 0 Å². The molecule has 0 saturated heterocycles. The van der Waals surface area contributed by atoms with Crippen LogP contribution in [0.15, 0.2) is 30.3 Å². The maximum absolute atomic E-state index is 5.37. The number of ether oxygens (including phenoxy) is 1. The Kier molecular flexibility index (Phi) is 4.96. The Morgan fingerprint density at radius 1 is 1.15 bits per heavy atom. The van der Waals surface area contributed by atoms with Crippen LogP contribution >= 0.6 is 0 Å². The summed E-state index contributed by atoms with van der Waals surface area (Å²) in [4.78, 5) is 4.70. The van der Waals surface area contributed by atoms with Gasteiger partial charge < -0.3 is 10.1 Å². The summed E-state index contributed by atoms with van der Waals surface area (Å²) in [5.74, 6) is 2.21. The lowest BCUT2D eigenvalue weighted by atomic mass is 9.98. The molecule has 0 radical (unpaired) electrons. The molecule has 3 heteroatoms. The lowest BCUT2D eigenvalue weighted by Gasteiger charge is -2.16. The third kappa shape index (κ3) is 3.48. The first-order valence-corrected chi connectivity index (χ1v) is 7.25. The van der Waals surface area contributed by atoms with E-state index < -0.39 is 0 Å². The highest BCUT2D eigenvalue weighted by molar-refractivity contribution is 5.84. The van der Waals surface area contributed by atoms with Crippen molar-refractivity contribution >= 4 is 10.9 Å². The van der Waals surface area contributed by atoms with E-state index in [2.05, 4.69) is 44.3 Å². The van der Waals surface area contributed by atoms with E-state index in [1.54, 1.807) is 7.11 Å². The molecule has 1 heterocycles. The minimum absolute atomic E-state index is 0.671. The van der Waals surface area contributed by atoms with Crippen molar-refractivity contribution in [2.24, 2.45) is 11.8 Å². The second-order valence-corrected chi connectivity index (χ2v) is 5.69. The Labute approximate surface area is 121 Å². The number of fused-ring (bicyclic) bond motifs is 1. The average molecular weight is 272 g/mol. The lowest BCUT2D eigenvalue weighted by molar-refractivity contribution is 0.391. The summed E-state index contributed by atoms with van der Waals surface area (Å²) >= 11 is 0. The maximum atomic E-state index is 5.37. The van der Waals surface area contributed by atoms with Gasteiger partial charge >= 0.3 is 0 Å². The molecule has 0 fully saturated rings. The van der Waals surface area contributed by atoms with Crippen LogP contribution in [-0.2, 0) is 6.54 Å². The molecule has 2 aromatic rings. The smallest absolute Gasteiger partial charge is 0.145 e. The van der Waals surface area contributed by atoms with Crippen LogP contribution in [0.1, 0.15) is 26.5 Å². The van der Waals surface area contributed by atoms with Crippen LogP contribution < -0.4 is 10.1 Å². The second kappa shape index (κ2) is 6.71. The van der Waals surface area contributed by atoms with Gasteiger partial charge in [-0.25, -0.2) is 4.98 Å². The molecule has 1 atom stereocenters. The Morgan fingerprint density at radius 2 is 1.95 bits per heavy atom. The molecule has 0 bridgehead atoms. The first-order chi connectivity index (χ1) is 9.61. The van der Waals surface area contributed by atoms with E-state index in [9.17, 15) is 0 Å². The average Bonchev–Trinajstić information content (AvgIpc) is 2.46. The molecular formula is C17H24N2O. The van der Waals surface area contributed by atoms with Gasteiger partial charge in [0.25, 0.3) is 0 Å². The molecule has 1 unspecified atom stereocenters. The Balaban J connectivity index is 2.08. The van der Waals surface area contributed by atoms with Crippen molar-refractivity contribution in [3.63, 3.8) is 0 Å². The van der Waals surface area contributed by atoms with Gasteiger partial charge in [0.05, 0.1) is 12.8 Å². The molecule has 0 aliphatic heterocycles. The number of nitrogens with one attached hydrogen (secondary N) is 1. The van der Waals surface area contributed by atoms with Crippen molar-refractivity contribution in [2.45, 2.75) is 27.3 Å². The molecule has 3 nitrogen and oxygen atoms in total. The van der Waals surface area contributed by atoms with Gasteiger partial charge in [-0.1, -0.05) is 39.0 Å². The van der Waals surface area contributed by atoms with Crippen molar-refractivity contribution in [3.8, 4) is 5.75 Å². The summed E-state index contributed by atoms with van der Waals surface area (Å²) in [5.41, 5.74) is 1.99. The minimum Gasteiger partial charge on any atom is -0.494 e. The zero-order chi connectivity index (χ0) is 14.5. The molecule has 1 aromatic heterocycles. The lowest BCUT2D eigenvalue weighted by Crippen LogP contribution is -2.24. The molecule has 2 rings (SSSR count). The number of aromatic nitrogens is 1. The van der Waals surface area contributed by atoms with E-state index in [0.717, 1.165) is 35.4 Å². The molecule has 0 amide bonds. The van der Waals surface area contributed by atoms with E-state index in [4.69, 9.17) is 9.72 Å². The van der Waals surface area contributed by atoms with Gasteiger partial charge in [-0.2, -0.15) is 0 Å². The second-order valence-electron chi connectivity index (χ2n) is 5.69. The Morgan fingerprint density at radius 3 is 2.65 bits per heavy atom. The highest BCUT2D eigenvalue weighted by atomic mass is 16.5. The summed E-state index contributed by atoms with van der Waals surface area (Å²) < 4.78 is 5.37. The highest BCUT2D eigenvalue weighted by Crippen LogP contribution is 2.23. The van der Waals surface area contributed by atoms with E-state index in [1.165, 1.54) is 0 Å². The van der Waals surface area contributed by atoms with Crippen LogP contribution in [0.2, 0.25) is 0 Å². The van der Waals surface area contributed by atoms with Crippen LogP contribution in [-0.4, -0.2) is 18.6 Å².